The maximum absolute atomic E-state index is 12.4. The molecule has 3 rings (SSSR count). The number of benzene rings is 2. The van der Waals surface area contributed by atoms with E-state index in [9.17, 15) is 9.59 Å². The second kappa shape index (κ2) is 11.4. The molecule has 1 amide bonds. The molecule has 1 heterocycles. The van der Waals surface area contributed by atoms with Crippen LogP contribution in [-0.4, -0.2) is 31.4 Å². The normalized spacial score (nSPS) is 11.4. The lowest BCUT2D eigenvalue weighted by Crippen LogP contribution is -2.30. The number of azide groups is 1. The van der Waals surface area contributed by atoms with E-state index in [-0.39, 0.29) is 5.78 Å². The van der Waals surface area contributed by atoms with Gasteiger partial charge in [-0.15, -0.1) is 0 Å². The van der Waals surface area contributed by atoms with Crippen LogP contribution >= 0.6 is 0 Å². The van der Waals surface area contributed by atoms with Gasteiger partial charge in [-0.05, 0) is 41.6 Å². The minimum Gasteiger partial charge on any atom is -0.453 e. The number of carbonyl (C=O) groups is 2. The summed E-state index contributed by atoms with van der Waals surface area (Å²) in [5, 5.41) is 5.95. The molecule has 30 heavy (non-hydrogen) atoms. The van der Waals surface area contributed by atoms with Crippen LogP contribution in [0.1, 0.15) is 41.8 Å². The van der Waals surface area contributed by atoms with Crippen LogP contribution in [-0.2, 0) is 11.2 Å². The van der Waals surface area contributed by atoms with Gasteiger partial charge < -0.3 is 4.74 Å². The van der Waals surface area contributed by atoms with Gasteiger partial charge in [0.25, 0.3) is 0 Å². The third-order valence-corrected chi connectivity index (χ3v) is 4.29. The topological polar surface area (TPSA) is 117 Å². The molecule has 2 aromatic carbocycles. The molecule has 156 valence electrons. The summed E-state index contributed by atoms with van der Waals surface area (Å²) in [7, 11) is 1.30. The van der Waals surface area contributed by atoms with Gasteiger partial charge >= 0.3 is 6.09 Å². The Bertz CT molecular complexity index is 964. The Kier molecular flexibility index (Phi) is 8.59. The Morgan fingerprint density at radius 3 is 2.57 bits per heavy atom. The number of fused-ring (bicyclic) bond motifs is 1. The molecule has 1 aliphatic heterocycles. The molecule has 0 fully saturated rings. The summed E-state index contributed by atoms with van der Waals surface area (Å²) in [6.45, 7) is 4.84. The first-order valence-electron chi connectivity index (χ1n) is 9.60. The zero-order valence-corrected chi connectivity index (χ0v) is 17.3. The fraction of sp³-hybridized carbons (Fsp3) is 0.318. The van der Waals surface area contributed by atoms with Crippen molar-refractivity contribution >= 4 is 23.4 Å². The summed E-state index contributed by atoms with van der Waals surface area (Å²) in [4.78, 5) is 30.6. The minimum atomic E-state index is -0.549. The summed E-state index contributed by atoms with van der Waals surface area (Å²) >= 11 is 0. The number of methoxy groups -OCH3 is 1. The lowest BCUT2D eigenvalue weighted by molar-refractivity contribution is 0.103. The monoisotopic (exact) mass is 407 g/mol. The van der Waals surface area contributed by atoms with Crippen LogP contribution in [0.3, 0.4) is 0 Å². The summed E-state index contributed by atoms with van der Waals surface area (Å²) in [6.07, 6.45) is 0.914. The molecule has 0 spiro atoms. The molecule has 2 aromatic rings. The largest absolute Gasteiger partial charge is 0.453 e. The van der Waals surface area contributed by atoms with Crippen LogP contribution in [0, 0.1) is 5.92 Å². The summed E-state index contributed by atoms with van der Waals surface area (Å²) in [5.74, 6) is 1.13. The molecular formula is C22H25N5O3. The molecular weight excluding hydrogens is 382 g/mol. The number of amides is 1. The first-order valence-corrected chi connectivity index (χ1v) is 9.60. The number of hydrogen-bond donors (Lipinski definition) is 1. The zero-order valence-electron chi connectivity index (χ0n) is 17.3. The Labute approximate surface area is 175 Å². The van der Waals surface area contributed by atoms with Crippen molar-refractivity contribution in [2.45, 2.75) is 26.7 Å². The van der Waals surface area contributed by atoms with E-state index in [0.717, 1.165) is 17.7 Å². The average Bonchev–Trinajstić information content (AvgIpc) is 3.15. The molecule has 0 saturated heterocycles. The van der Waals surface area contributed by atoms with Gasteiger partial charge in [0, 0.05) is 29.0 Å². The Morgan fingerprint density at radius 1 is 1.20 bits per heavy atom. The standard InChI is InChI=1S/C17H14N2O3.C5H11N3/c1-22-17(21)19-15-10-13-9-12(7-8-14(13)18-15)16(20)11-5-3-2-4-6-11;1-5(2)3-4-7-8-6/h2-9H,10H2,1H3,(H,18,19,21);5H,3-4H2,1-2H3. The number of alkyl carbamates (subject to hydrolysis) is 1. The van der Waals surface area contributed by atoms with E-state index < -0.39 is 6.09 Å². The number of rotatable bonds is 5. The molecule has 0 atom stereocenters. The summed E-state index contributed by atoms with van der Waals surface area (Å²) in [6, 6.07) is 14.5. The van der Waals surface area contributed by atoms with E-state index in [4.69, 9.17) is 5.53 Å². The summed E-state index contributed by atoms with van der Waals surface area (Å²) in [5.41, 5.74) is 10.8. The van der Waals surface area contributed by atoms with Crippen LogP contribution in [0.2, 0.25) is 0 Å². The molecule has 0 radical (unpaired) electrons. The van der Waals surface area contributed by atoms with Gasteiger partial charge in [-0.1, -0.05) is 49.3 Å². The number of ether oxygens (including phenoxy) is 1. The van der Waals surface area contributed by atoms with Gasteiger partial charge in [0.15, 0.2) is 5.78 Å². The summed E-state index contributed by atoms with van der Waals surface area (Å²) < 4.78 is 4.55. The first-order chi connectivity index (χ1) is 14.4. The fourth-order valence-electron chi connectivity index (χ4n) is 2.70. The Hall–Kier alpha value is -3.64. The van der Waals surface area contributed by atoms with Gasteiger partial charge in [0.1, 0.15) is 5.84 Å². The van der Waals surface area contributed by atoms with Gasteiger partial charge in [-0.2, -0.15) is 0 Å². The second-order valence-corrected chi connectivity index (χ2v) is 7.03. The second-order valence-electron chi connectivity index (χ2n) is 7.03. The van der Waals surface area contributed by atoms with Crippen LogP contribution in [0.15, 0.2) is 58.6 Å². The lowest BCUT2D eigenvalue weighted by Gasteiger charge is -2.04. The highest BCUT2D eigenvalue weighted by atomic mass is 16.5. The van der Waals surface area contributed by atoms with E-state index in [1.807, 2.05) is 24.3 Å². The predicted octanol–water partition coefficient (Wildman–Crippen LogP) is 5.20. The number of ketones is 1. The molecule has 0 aliphatic carbocycles. The van der Waals surface area contributed by atoms with E-state index in [2.05, 4.69) is 38.9 Å². The minimum absolute atomic E-state index is 0.0298. The van der Waals surface area contributed by atoms with Crippen molar-refractivity contribution in [1.29, 1.82) is 0 Å². The SMILES string of the molecule is CC(C)CCN=[N+]=[N-].COC(=O)NC1=Nc2ccc(C(=O)c3ccccc3)cc2C1. The highest BCUT2D eigenvalue weighted by molar-refractivity contribution is 6.10. The van der Waals surface area contributed by atoms with Gasteiger partial charge in [-0.25, -0.2) is 9.79 Å². The molecule has 1 N–H and O–H groups in total. The number of amidine groups is 1. The van der Waals surface area contributed by atoms with Crippen molar-refractivity contribution in [2.24, 2.45) is 16.0 Å². The molecule has 0 bridgehead atoms. The average molecular weight is 407 g/mol. The van der Waals surface area contributed by atoms with E-state index in [1.165, 1.54) is 7.11 Å². The van der Waals surface area contributed by atoms with Gasteiger partial charge in [0.05, 0.1) is 12.8 Å². The first kappa shape index (κ1) is 22.6. The number of aliphatic imine (C=N–C) groups is 1. The maximum atomic E-state index is 12.4. The maximum Gasteiger partial charge on any atom is 0.412 e. The van der Waals surface area contributed by atoms with Crippen molar-refractivity contribution in [3.05, 3.63) is 75.7 Å². The molecule has 8 heteroatoms. The number of nitrogens with zero attached hydrogens (tertiary/aromatic N) is 4. The Balaban J connectivity index is 0.000000343. The van der Waals surface area contributed by atoms with Crippen LogP contribution < -0.4 is 5.32 Å². The van der Waals surface area contributed by atoms with Crippen molar-refractivity contribution in [2.75, 3.05) is 13.7 Å². The van der Waals surface area contributed by atoms with Crippen LogP contribution in [0.5, 0.6) is 0 Å². The third-order valence-electron chi connectivity index (χ3n) is 4.29. The molecule has 0 aromatic heterocycles. The lowest BCUT2D eigenvalue weighted by atomic mass is 10.00. The van der Waals surface area contributed by atoms with Crippen LogP contribution in [0.25, 0.3) is 10.4 Å². The highest BCUT2D eigenvalue weighted by Gasteiger charge is 2.19. The molecule has 0 unspecified atom stereocenters. The Morgan fingerprint density at radius 2 is 1.93 bits per heavy atom. The predicted molar refractivity (Wildman–Crippen MR) is 116 cm³/mol. The third kappa shape index (κ3) is 6.76. The quantitative estimate of drug-likeness (QED) is 0.317. The van der Waals surface area contributed by atoms with Gasteiger partial charge in [0.2, 0.25) is 0 Å². The van der Waals surface area contributed by atoms with Crippen molar-refractivity contribution in [1.82, 2.24) is 5.32 Å². The number of hydrogen-bond acceptors (Lipinski definition) is 5. The van der Waals surface area contributed by atoms with E-state index >= 15 is 0 Å². The molecule has 8 nitrogen and oxygen atoms in total. The van der Waals surface area contributed by atoms with Crippen LogP contribution in [0.4, 0.5) is 10.5 Å². The van der Waals surface area contributed by atoms with E-state index in [1.54, 1.807) is 24.3 Å². The van der Waals surface area contributed by atoms with E-state index in [0.29, 0.717) is 35.8 Å². The van der Waals surface area contributed by atoms with Crippen molar-refractivity contribution in [3.63, 3.8) is 0 Å². The zero-order chi connectivity index (χ0) is 21.9. The molecule has 1 aliphatic rings. The van der Waals surface area contributed by atoms with Gasteiger partial charge in [-0.3, -0.25) is 10.1 Å². The van der Waals surface area contributed by atoms with Crippen molar-refractivity contribution in [3.8, 4) is 0 Å². The number of carbonyl (C=O) groups excluding carboxylic acids is 2. The number of nitrogens with one attached hydrogen (secondary N) is 1. The smallest absolute Gasteiger partial charge is 0.412 e. The molecule has 0 saturated carbocycles. The highest BCUT2D eigenvalue weighted by Crippen LogP contribution is 2.27. The van der Waals surface area contributed by atoms with Crippen molar-refractivity contribution < 1.29 is 14.3 Å². The fourth-order valence-corrected chi connectivity index (χ4v) is 2.70.